The van der Waals surface area contributed by atoms with Crippen LogP contribution in [0.1, 0.15) is 66.8 Å². The predicted molar refractivity (Wildman–Crippen MR) is 317 cm³/mol. The van der Waals surface area contributed by atoms with Crippen molar-refractivity contribution in [2.24, 2.45) is 0 Å². The molecule has 0 radical (unpaired) electrons. The molecule has 0 spiro atoms. The lowest BCUT2D eigenvalue weighted by molar-refractivity contribution is -0.109. The average molecular weight is 991 g/mol. The molecule has 10 aromatic rings. The first-order chi connectivity index (χ1) is 38.0. The van der Waals surface area contributed by atoms with Crippen LogP contribution in [0.2, 0.25) is 0 Å². The molecular weight excluding hydrogens is 937 g/mol. The molecule has 10 aromatic carbocycles. The Balaban J connectivity index is 0.931. The number of rotatable bonds is 16. The van der Waals surface area contributed by atoms with Crippen molar-refractivity contribution in [3.63, 3.8) is 0 Å². The largest absolute Gasteiger partial charge is 0.457 e. The second-order valence-corrected chi connectivity index (χ2v) is 19.6. The molecule has 0 atom stereocenters. The van der Waals surface area contributed by atoms with E-state index in [4.69, 9.17) is 4.74 Å². The topological polar surface area (TPSA) is 43.4 Å². The third-order valence-corrected chi connectivity index (χ3v) is 14.7. The van der Waals surface area contributed by atoms with Crippen LogP contribution in [0.15, 0.2) is 279 Å². The number of hydrogen-bond donors (Lipinski definition) is 0. The minimum atomic E-state index is -0.000627. The minimum absolute atomic E-state index is 0.000627. The van der Waals surface area contributed by atoms with E-state index in [1.807, 2.05) is 152 Å². The van der Waals surface area contributed by atoms with Crippen molar-refractivity contribution < 1.29 is 14.3 Å². The lowest BCUT2D eigenvalue weighted by atomic mass is 9.86. The van der Waals surface area contributed by atoms with Crippen LogP contribution in [-0.2, 0) is 35.3 Å². The van der Waals surface area contributed by atoms with Crippen LogP contribution in [0.25, 0.3) is 44.6 Å². The maximum absolute atomic E-state index is 15.4. The van der Waals surface area contributed by atoms with E-state index in [0.717, 1.165) is 92.5 Å². The van der Waals surface area contributed by atoms with Crippen LogP contribution < -0.4 is 4.74 Å². The number of aryl methyl sites for hydroxylation is 4. The van der Waals surface area contributed by atoms with Gasteiger partial charge < -0.3 is 4.74 Å². The normalized spacial score (nSPS) is 13.5. The van der Waals surface area contributed by atoms with E-state index >= 15 is 4.79 Å². The number of carbonyl (C=O) groups is 2. The summed E-state index contributed by atoms with van der Waals surface area (Å²) in [5, 5.41) is 0. The molecular formula is C74H54O3. The molecule has 0 fully saturated rings. The van der Waals surface area contributed by atoms with Crippen molar-refractivity contribution in [3.8, 4) is 11.5 Å². The van der Waals surface area contributed by atoms with Crippen LogP contribution in [0.3, 0.4) is 0 Å². The first-order valence-electron chi connectivity index (χ1n) is 26.5. The summed E-state index contributed by atoms with van der Waals surface area (Å²) in [5.41, 5.74) is 18.8. The summed E-state index contributed by atoms with van der Waals surface area (Å²) in [4.78, 5) is 30.3. The van der Waals surface area contributed by atoms with Gasteiger partial charge in [-0.3, -0.25) is 9.59 Å². The fourth-order valence-corrected chi connectivity index (χ4v) is 11.1. The van der Waals surface area contributed by atoms with Crippen LogP contribution in [-0.4, -0.2) is 11.6 Å². The Bertz CT molecular complexity index is 3810. The Kier molecular flexibility index (Phi) is 13.8. The SMILES string of the molecule is O=C1C(c2ccccc2)=C(c2ccccc2)C(c2ccc(Oc3ccc(C4=C(c5ccccc5)C(=O)C(c5ccccc5)=C4c4cc(CCc5ccccc5)cc(CCc5ccccc5)c4)cc3)cc2)=C1c1ccccc1. The molecule has 12 rings (SSSR count). The van der Waals surface area contributed by atoms with E-state index in [-0.39, 0.29) is 11.6 Å². The fourth-order valence-electron chi connectivity index (χ4n) is 11.1. The van der Waals surface area contributed by atoms with Crippen molar-refractivity contribution in [1.82, 2.24) is 0 Å². The number of hydrogen-bond acceptors (Lipinski definition) is 3. The number of ketones is 2. The van der Waals surface area contributed by atoms with Gasteiger partial charge in [-0.05, 0) is 117 Å². The Morgan fingerprint density at radius 1 is 0.208 bits per heavy atom. The Labute approximate surface area is 451 Å². The van der Waals surface area contributed by atoms with E-state index in [2.05, 4.69) is 127 Å². The third kappa shape index (κ3) is 10.2. The first-order valence-corrected chi connectivity index (χ1v) is 26.5. The van der Waals surface area contributed by atoms with Gasteiger partial charge in [0, 0.05) is 44.6 Å². The number of allylic oxidation sites excluding steroid dienone is 8. The summed E-state index contributed by atoms with van der Waals surface area (Å²) in [6.45, 7) is 0. The van der Waals surface area contributed by atoms with Gasteiger partial charge in [0.05, 0.1) is 0 Å². The average Bonchev–Trinajstić information content (AvgIpc) is 4.00. The lowest BCUT2D eigenvalue weighted by Gasteiger charge is -2.17. The molecule has 368 valence electrons. The Morgan fingerprint density at radius 2 is 0.442 bits per heavy atom. The Hall–Kier alpha value is -9.70. The number of Topliss-reactive ketones (excluding diaryl/α,β-unsaturated/α-hetero) is 2. The number of ether oxygens (including phenoxy) is 1. The molecule has 0 amide bonds. The molecule has 3 heteroatoms. The summed E-state index contributed by atoms with van der Waals surface area (Å²) in [6, 6.07) is 95.0. The van der Waals surface area contributed by atoms with Gasteiger partial charge in [0.1, 0.15) is 11.5 Å². The molecule has 0 saturated carbocycles. The van der Waals surface area contributed by atoms with Crippen molar-refractivity contribution in [3.05, 3.63) is 346 Å². The summed E-state index contributed by atoms with van der Waals surface area (Å²) in [7, 11) is 0. The highest BCUT2D eigenvalue weighted by Gasteiger charge is 2.37. The monoisotopic (exact) mass is 990 g/mol. The second-order valence-electron chi connectivity index (χ2n) is 19.6. The molecule has 3 nitrogen and oxygen atoms in total. The molecule has 0 bridgehead atoms. The molecule has 0 heterocycles. The minimum Gasteiger partial charge on any atom is -0.457 e. The molecule has 77 heavy (non-hydrogen) atoms. The molecule has 2 aliphatic rings. The van der Waals surface area contributed by atoms with Crippen molar-refractivity contribution >= 4 is 56.2 Å². The highest BCUT2D eigenvalue weighted by molar-refractivity contribution is 6.60. The van der Waals surface area contributed by atoms with E-state index in [1.165, 1.54) is 22.3 Å². The van der Waals surface area contributed by atoms with E-state index in [9.17, 15) is 4.79 Å². The number of carbonyl (C=O) groups excluding carboxylic acids is 2. The molecule has 2 aliphatic carbocycles. The van der Waals surface area contributed by atoms with E-state index in [0.29, 0.717) is 33.8 Å². The van der Waals surface area contributed by atoms with Crippen molar-refractivity contribution in [2.75, 3.05) is 0 Å². The predicted octanol–water partition coefficient (Wildman–Crippen LogP) is 17.3. The zero-order chi connectivity index (χ0) is 51.9. The summed E-state index contributed by atoms with van der Waals surface area (Å²) >= 11 is 0. The second kappa shape index (κ2) is 22.0. The smallest absolute Gasteiger partial charge is 0.195 e. The lowest BCUT2D eigenvalue weighted by Crippen LogP contribution is -2.02. The molecule has 0 N–H and O–H groups in total. The van der Waals surface area contributed by atoms with Gasteiger partial charge in [0.2, 0.25) is 0 Å². The molecule has 0 aromatic heterocycles. The third-order valence-electron chi connectivity index (χ3n) is 14.7. The van der Waals surface area contributed by atoms with Gasteiger partial charge >= 0.3 is 0 Å². The Morgan fingerprint density at radius 3 is 0.740 bits per heavy atom. The van der Waals surface area contributed by atoms with Crippen LogP contribution in [0, 0.1) is 0 Å². The van der Waals surface area contributed by atoms with Gasteiger partial charge in [-0.1, -0.05) is 255 Å². The zero-order valence-electron chi connectivity index (χ0n) is 42.6. The van der Waals surface area contributed by atoms with Crippen LogP contribution in [0.5, 0.6) is 11.5 Å². The van der Waals surface area contributed by atoms with Gasteiger partial charge in [-0.2, -0.15) is 0 Å². The summed E-state index contributed by atoms with van der Waals surface area (Å²) in [6.07, 6.45) is 3.53. The van der Waals surface area contributed by atoms with E-state index < -0.39 is 0 Å². The van der Waals surface area contributed by atoms with Crippen molar-refractivity contribution in [2.45, 2.75) is 25.7 Å². The van der Waals surface area contributed by atoms with E-state index in [1.54, 1.807) is 0 Å². The van der Waals surface area contributed by atoms with Gasteiger partial charge in [0.25, 0.3) is 0 Å². The molecule has 0 unspecified atom stereocenters. The highest BCUT2D eigenvalue weighted by Crippen LogP contribution is 2.52. The fraction of sp³-hybridized carbons (Fsp3) is 0.0541. The van der Waals surface area contributed by atoms with Gasteiger partial charge in [0.15, 0.2) is 11.6 Å². The van der Waals surface area contributed by atoms with Crippen molar-refractivity contribution in [1.29, 1.82) is 0 Å². The summed E-state index contributed by atoms with van der Waals surface area (Å²) < 4.78 is 6.65. The summed E-state index contributed by atoms with van der Waals surface area (Å²) in [5.74, 6) is 1.32. The van der Waals surface area contributed by atoms with Gasteiger partial charge in [-0.25, -0.2) is 0 Å². The number of benzene rings is 10. The quantitative estimate of drug-likeness (QED) is 0.0969. The van der Waals surface area contributed by atoms with Crippen LogP contribution in [0.4, 0.5) is 0 Å². The standard InChI is InChI=1S/C74H54O3/c75-73-69(56-28-14-4-15-29-56)65(55-26-12-3-13-27-55)66(70(73)57-30-16-5-17-31-57)60-40-44-63(45-41-60)77-64-46-42-61(43-47-64)67-68(72(59-34-20-7-21-35-59)74(76)71(67)58-32-18-6-19-33-58)62-49-53(38-36-51-22-8-1-9-23-51)48-54(50-62)39-37-52-24-10-2-11-25-52/h1-35,40-50H,36-39H2. The van der Waals surface area contributed by atoms with Gasteiger partial charge in [-0.15, -0.1) is 0 Å². The maximum atomic E-state index is 15.4. The first kappa shape index (κ1) is 48.3. The highest BCUT2D eigenvalue weighted by atomic mass is 16.5. The maximum Gasteiger partial charge on any atom is 0.195 e. The molecule has 0 saturated heterocycles. The zero-order valence-corrected chi connectivity index (χ0v) is 42.6. The van der Waals surface area contributed by atoms with Crippen LogP contribution >= 0.6 is 0 Å². The molecule has 0 aliphatic heterocycles.